The van der Waals surface area contributed by atoms with E-state index in [1.54, 1.807) is 0 Å². The molecule has 0 aromatic heterocycles. The van der Waals surface area contributed by atoms with Crippen LogP contribution in [0.3, 0.4) is 0 Å². The number of ether oxygens (including phenoxy) is 4. The first-order valence-electron chi connectivity index (χ1n) is 33.3. The van der Waals surface area contributed by atoms with Crippen molar-refractivity contribution in [1.29, 1.82) is 0 Å². The number of allylic oxidation sites excluding steroid dienone is 22. The fraction of sp³-hybridized carbons (Fsp3) is 0.662. The average molecular weight is 1150 g/mol. The lowest BCUT2D eigenvalue weighted by atomic mass is 10.0. The van der Waals surface area contributed by atoms with Gasteiger partial charge in [-0.1, -0.05) is 270 Å². The van der Waals surface area contributed by atoms with E-state index in [-0.39, 0.29) is 38.6 Å². The summed E-state index contributed by atoms with van der Waals surface area (Å²) in [6.07, 6.45) is 88.1. The first kappa shape index (κ1) is 78.4. The summed E-state index contributed by atoms with van der Waals surface area (Å²) in [6, 6.07) is 0. The van der Waals surface area contributed by atoms with Crippen LogP contribution in [-0.4, -0.2) is 82.3 Å². The molecule has 472 valence electrons. The van der Waals surface area contributed by atoms with Gasteiger partial charge < -0.3 is 33.3 Å². The molecule has 83 heavy (non-hydrogen) atoms. The second-order valence-electron chi connectivity index (χ2n) is 23.0. The number of rotatable bonds is 60. The predicted molar refractivity (Wildman–Crippen MR) is 352 cm³/mol. The average Bonchev–Trinajstić information content (AvgIpc) is 3.46. The monoisotopic (exact) mass is 1150 g/mol. The minimum atomic E-state index is -1.64. The maximum atomic E-state index is 12.9. The highest BCUT2D eigenvalue weighted by molar-refractivity contribution is 5.70. The number of carboxylic acids is 1. The summed E-state index contributed by atoms with van der Waals surface area (Å²) in [7, 11) is 5.91. The molecule has 0 N–H and O–H groups in total. The fourth-order valence-corrected chi connectivity index (χ4v) is 8.86. The molecule has 9 nitrogen and oxygen atoms in total. The Labute approximate surface area is 509 Å². The van der Waals surface area contributed by atoms with E-state index in [2.05, 4.69) is 148 Å². The van der Waals surface area contributed by atoms with Gasteiger partial charge >= 0.3 is 11.9 Å². The van der Waals surface area contributed by atoms with Crippen LogP contribution in [0.4, 0.5) is 0 Å². The lowest BCUT2D eigenvalue weighted by Crippen LogP contribution is -2.44. The van der Waals surface area contributed by atoms with E-state index in [9.17, 15) is 19.5 Å². The second-order valence-corrected chi connectivity index (χ2v) is 23.0. The number of hydrogen-bond donors (Lipinski definition) is 0. The highest BCUT2D eigenvalue weighted by atomic mass is 16.7. The number of carbonyl (C=O) groups excluding carboxylic acids is 3. The Morgan fingerprint density at radius 2 is 0.651 bits per heavy atom. The third kappa shape index (κ3) is 64.8. The fourth-order valence-electron chi connectivity index (χ4n) is 8.86. The van der Waals surface area contributed by atoms with Crippen molar-refractivity contribution in [2.75, 3.05) is 47.5 Å². The summed E-state index contributed by atoms with van der Waals surface area (Å²) in [5, 5.41) is 11.8. The Morgan fingerprint density at radius 3 is 0.964 bits per heavy atom. The minimum Gasteiger partial charge on any atom is -0.545 e. The maximum Gasteiger partial charge on any atom is 0.306 e. The van der Waals surface area contributed by atoms with Crippen molar-refractivity contribution >= 4 is 17.9 Å². The van der Waals surface area contributed by atoms with Gasteiger partial charge in [0.2, 0.25) is 0 Å². The van der Waals surface area contributed by atoms with Crippen LogP contribution in [0.25, 0.3) is 0 Å². The van der Waals surface area contributed by atoms with E-state index < -0.39 is 24.3 Å². The molecule has 0 heterocycles. The van der Waals surface area contributed by atoms with E-state index in [1.807, 2.05) is 21.1 Å². The van der Waals surface area contributed by atoms with Gasteiger partial charge in [-0.3, -0.25) is 9.59 Å². The molecule has 0 bridgehead atoms. The number of likely N-dealkylation sites (N-methyl/N-ethyl adjacent to an activating group) is 1. The molecule has 0 aliphatic rings. The van der Waals surface area contributed by atoms with Crippen LogP contribution < -0.4 is 5.11 Å². The summed E-state index contributed by atoms with van der Waals surface area (Å²) in [6.45, 7) is 4.49. The van der Waals surface area contributed by atoms with E-state index >= 15 is 0 Å². The van der Waals surface area contributed by atoms with Gasteiger partial charge in [-0.05, 0) is 109 Å². The standard InChI is InChI=1S/C74H123NO8/c1-6-8-10-12-14-16-18-20-22-24-26-28-30-31-32-33-34-35-36-37-38-39-40-41-43-44-46-48-50-52-54-56-58-60-62-64-71(76)81-68-70(69-82-74(73(78)79)80-67-66-75(3,4)5)83-72(77)65-63-61-59-57-55-53-51-49-47-45-42-29-27-25-23-21-19-17-15-13-11-9-7-2/h8-11,14-17,20-23,26-29,31-32,45,47,51,53,70,74H,6-7,12-13,18-19,24-25,30,33-44,46,48-50,52,54-69H2,1-5H3/b10-8-,11-9-,16-14-,17-15-,22-20-,23-21-,28-26-,29-27-,32-31-,47-45-,53-51-. The summed E-state index contributed by atoms with van der Waals surface area (Å²) in [5.41, 5.74) is 0. The molecule has 9 heteroatoms. The van der Waals surface area contributed by atoms with Crippen molar-refractivity contribution in [2.24, 2.45) is 0 Å². The topological polar surface area (TPSA) is 111 Å². The van der Waals surface area contributed by atoms with Gasteiger partial charge in [-0.2, -0.15) is 0 Å². The second kappa shape index (κ2) is 63.5. The molecule has 2 unspecified atom stereocenters. The van der Waals surface area contributed by atoms with Crippen molar-refractivity contribution in [3.8, 4) is 0 Å². The molecule has 0 aliphatic heterocycles. The van der Waals surface area contributed by atoms with Crippen LogP contribution in [0.2, 0.25) is 0 Å². The highest BCUT2D eigenvalue weighted by Gasteiger charge is 2.22. The molecule has 0 aliphatic carbocycles. The Hall–Kier alpha value is -4.57. The predicted octanol–water partition coefficient (Wildman–Crippen LogP) is 19.2. The van der Waals surface area contributed by atoms with E-state index in [0.29, 0.717) is 17.4 Å². The summed E-state index contributed by atoms with van der Waals surface area (Å²) >= 11 is 0. The zero-order chi connectivity index (χ0) is 60.5. The van der Waals surface area contributed by atoms with Gasteiger partial charge in [-0.25, -0.2) is 0 Å². The Kier molecular flexibility index (Phi) is 60.0. The Morgan fingerprint density at radius 1 is 0.361 bits per heavy atom. The molecular formula is C74H123NO8. The van der Waals surface area contributed by atoms with Gasteiger partial charge in [0.25, 0.3) is 0 Å². The van der Waals surface area contributed by atoms with Crippen molar-refractivity contribution in [2.45, 2.75) is 270 Å². The molecule has 2 atom stereocenters. The van der Waals surface area contributed by atoms with Gasteiger partial charge in [-0.15, -0.1) is 0 Å². The van der Waals surface area contributed by atoms with E-state index in [0.717, 1.165) is 116 Å². The SMILES string of the molecule is CC/C=C\C/C=C\C/C=C\C/C=C\C/C=C\C/C=C\CCCCCCC(=O)OC(COC(=O)CCCCCCCCCCCCCCCCCCCCC/C=C\C/C=C\C/C=C\C/C=C\C/C=C\CC)COC(OCC[N+](C)(C)C)C(=O)[O-]. The van der Waals surface area contributed by atoms with Crippen LogP contribution in [0.15, 0.2) is 134 Å². The van der Waals surface area contributed by atoms with Crippen molar-refractivity contribution in [3.05, 3.63) is 134 Å². The Balaban J connectivity index is 4.15. The number of quaternary nitrogens is 1. The zero-order valence-electron chi connectivity index (χ0n) is 53.8. The Bertz CT molecular complexity index is 1820. The quantitative estimate of drug-likeness (QED) is 0.0195. The molecule has 0 aromatic rings. The summed E-state index contributed by atoms with van der Waals surface area (Å²) in [4.78, 5) is 37.4. The van der Waals surface area contributed by atoms with Crippen LogP contribution >= 0.6 is 0 Å². The number of carboxylic acid groups (broad SMARTS) is 1. The largest absolute Gasteiger partial charge is 0.545 e. The molecule has 0 spiro atoms. The van der Waals surface area contributed by atoms with Crippen LogP contribution in [0.1, 0.15) is 258 Å². The third-order valence-corrected chi connectivity index (χ3v) is 13.9. The number of carbonyl (C=O) groups is 3. The summed E-state index contributed by atoms with van der Waals surface area (Å²) in [5.74, 6) is -2.32. The highest BCUT2D eigenvalue weighted by Crippen LogP contribution is 2.16. The van der Waals surface area contributed by atoms with Crippen LogP contribution in [0.5, 0.6) is 0 Å². The molecule has 0 amide bonds. The maximum absolute atomic E-state index is 12.9. The van der Waals surface area contributed by atoms with E-state index in [4.69, 9.17) is 18.9 Å². The van der Waals surface area contributed by atoms with Gasteiger partial charge in [0, 0.05) is 12.8 Å². The minimum absolute atomic E-state index is 0.137. The third-order valence-electron chi connectivity index (χ3n) is 13.9. The molecule has 0 saturated carbocycles. The molecule has 0 rings (SSSR count). The number of aliphatic carboxylic acids is 1. The first-order chi connectivity index (χ1) is 40.6. The molecule has 0 radical (unpaired) electrons. The number of unbranched alkanes of at least 4 members (excludes halogenated alkanes) is 23. The number of nitrogens with zero attached hydrogens (tertiary/aromatic N) is 1. The number of hydrogen-bond acceptors (Lipinski definition) is 8. The first-order valence-corrected chi connectivity index (χ1v) is 33.3. The van der Waals surface area contributed by atoms with Gasteiger partial charge in [0.15, 0.2) is 12.4 Å². The van der Waals surface area contributed by atoms with Crippen LogP contribution in [0, 0.1) is 0 Å². The number of esters is 2. The summed E-state index contributed by atoms with van der Waals surface area (Å²) < 4.78 is 22.7. The molecule has 0 fully saturated rings. The molecule has 0 aromatic carbocycles. The lowest BCUT2D eigenvalue weighted by Gasteiger charge is -2.26. The van der Waals surface area contributed by atoms with Gasteiger partial charge in [0.05, 0.1) is 40.3 Å². The zero-order valence-corrected chi connectivity index (χ0v) is 53.8. The van der Waals surface area contributed by atoms with E-state index in [1.165, 1.54) is 109 Å². The molecular weight excluding hydrogens is 1030 g/mol. The normalized spacial score (nSPS) is 13.6. The van der Waals surface area contributed by atoms with Crippen molar-refractivity contribution < 1.29 is 42.9 Å². The smallest absolute Gasteiger partial charge is 0.306 e. The van der Waals surface area contributed by atoms with Crippen LogP contribution in [-0.2, 0) is 33.3 Å². The van der Waals surface area contributed by atoms with Crippen molar-refractivity contribution in [1.82, 2.24) is 0 Å². The van der Waals surface area contributed by atoms with Crippen molar-refractivity contribution in [3.63, 3.8) is 0 Å². The molecule has 0 saturated heterocycles. The van der Waals surface area contributed by atoms with Gasteiger partial charge in [0.1, 0.15) is 13.2 Å². The lowest BCUT2D eigenvalue weighted by molar-refractivity contribution is -0.870.